The topological polar surface area (TPSA) is 58.6 Å². The number of likely N-dealkylation sites (N-methyl/N-ethyl adjacent to an activating group) is 1. The molecular formula is C16H17ClN2O3S. The van der Waals surface area contributed by atoms with E-state index in [-0.39, 0.29) is 12.5 Å². The predicted octanol–water partition coefficient (Wildman–Crippen LogP) is 3.26. The Labute approximate surface area is 143 Å². The molecule has 1 aromatic carbocycles. The molecule has 0 saturated carbocycles. The monoisotopic (exact) mass is 352 g/mol. The van der Waals surface area contributed by atoms with Crippen molar-refractivity contribution >= 4 is 40.5 Å². The lowest BCUT2D eigenvalue weighted by Crippen LogP contribution is -2.30. The molecule has 122 valence electrons. The minimum atomic E-state index is -0.454. The Morgan fingerprint density at radius 3 is 2.61 bits per heavy atom. The summed E-state index contributed by atoms with van der Waals surface area (Å²) in [6.07, 6.45) is 0. The van der Waals surface area contributed by atoms with E-state index in [4.69, 9.17) is 11.6 Å². The lowest BCUT2D eigenvalue weighted by atomic mass is 10.2. The second-order valence-corrected chi connectivity index (χ2v) is 6.35. The van der Waals surface area contributed by atoms with Gasteiger partial charge in [0.2, 0.25) is 5.91 Å². The van der Waals surface area contributed by atoms with E-state index in [2.05, 4.69) is 10.1 Å². The van der Waals surface area contributed by atoms with Crippen molar-refractivity contribution in [1.82, 2.24) is 4.90 Å². The lowest BCUT2D eigenvalue weighted by molar-refractivity contribution is -0.117. The first-order chi connectivity index (χ1) is 11.0. The zero-order valence-electron chi connectivity index (χ0n) is 12.8. The van der Waals surface area contributed by atoms with E-state index in [1.165, 1.54) is 18.4 Å². The van der Waals surface area contributed by atoms with Gasteiger partial charge in [0.05, 0.1) is 19.3 Å². The highest BCUT2D eigenvalue weighted by atomic mass is 35.5. The summed E-state index contributed by atoms with van der Waals surface area (Å²) in [5.41, 5.74) is 1.54. The average molecular weight is 353 g/mol. The number of benzene rings is 1. The number of hydrogen-bond acceptors (Lipinski definition) is 5. The lowest BCUT2D eigenvalue weighted by Gasteiger charge is -2.16. The van der Waals surface area contributed by atoms with Crippen LogP contribution in [-0.2, 0) is 16.1 Å². The Balaban J connectivity index is 1.90. The number of anilines is 1. The number of esters is 1. The molecule has 0 radical (unpaired) electrons. The SMILES string of the molecule is COC(=O)c1sccc1NC(=O)CN(C)Cc1ccc(Cl)cc1. The molecule has 0 atom stereocenters. The number of amides is 1. The van der Waals surface area contributed by atoms with E-state index in [0.717, 1.165) is 5.56 Å². The summed E-state index contributed by atoms with van der Waals surface area (Å²) in [7, 11) is 3.16. The third kappa shape index (κ3) is 5.06. The van der Waals surface area contributed by atoms with Gasteiger partial charge < -0.3 is 10.1 Å². The van der Waals surface area contributed by atoms with Crippen molar-refractivity contribution in [3.05, 3.63) is 51.2 Å². The Morgan fingerprint density at radius 2 is 1.96 bits per heavy atom. The Hall–Kier alpha value is -1.89. The molecule has 7 heteroatoms. The van der Waals surface area contributed by atoms with Crippen LogP contribution in [0.5, 0.6) is 0 Å². The molecule has 0 aliphatic rings. The van der Waals surface area contributed by atoms with Crippen LogP contribution in [0.4, 0.5) is 5.69 Å². The molecule has 2 rings (SSSR count). The minimum Gasteiger partial charge on any atom is -0.465 e. The van der Waals surface area contributed by atoms with Crippen LogP contribution in [0.3, 0.4) is 0 Å². The van der Waals surface area contributed by atoms with E-state index < -0.39 is 5.97 Å². The highest BCUT2D eigenvalue weighted by molar-refractivity contribution is 7.12. The van der Waals surface area contributed by atoms with Gasteiger partial charge in [-0.05, 0) is 36.2 Å². The largest absolute Gasteiger partial charge is 0.465 e. The van der Waals surface area contributed by atoms with Crippen LogP contribution in [0.15, 0.2) is 35.7 Å². The zero-order chi connectivity index (χ0) is 16.8. The number of nitrogens with zero attached hydrogens (tertiary/aromatic N) is 1. The van der Waals surface area contributed by atoms with Crippen LogP contribution in [0.25, 0.3) is 0 Å². The second-order valence-electron chi connectivity index (χ2n) is 5.00. The highest BCUT2D eigenvalue weighted by Crippen LogP contribution is 2.23. The molecule has 1 heterocycles. The van der Waals surface area contributed by atoms with Crippen molar-refractivity contribution in [3.63, 3.8) is 0 Å². The highest BCUT2D eigenvalue weighted by Gasteiger charge is 2.16. The Kier molecular flexibility index (Phi) is 6.15. The molecule has 23 heavy (non-hydrogen) atoms. The van der Waals surface area contributed by atoms with E-state index in [1.807, 2.05) is 36.2 Å². The second kappa shape index (κ2) is 8.10. The number of carbonyl (C=O) groups excluding carboxylic acids is 2. The normalized spacial score (nSPS) is 10.6. The first-order valence-electron chi connectivity index (χ1n) is 6.88. The maximum atomic E-state index is 12.1. The van der Waals surface area contributed by atoms with Crippen molar-refractivity contribution < 1.29 is 14.3 Å². The molecule has 0 aliphatic heterocycles. The fraction of sp³-hybridized carbons (Fsp3) is 0.250. The number of carbonyl (C=O) groups is 2. The quantitative estimate of drug-likeness (QED) is 0.811. The fourth-order valence-corrected chi connectivity index (χ4v) is 2.94. The van der Waals surface area contributed by atoms with Crippen molar-refractivity contribution in [2.24, 2.45) is 0 Å². The first-order valence-corrected chi connectivity index (χ1v) is 8.14. The Morgan fingerprint density at radius 1 is 1.26 bits per heavy atom. The summed E-state index contributed by atoms with van der Waals surface area (Å²) in [6, 6.07) is 9.17. The van der Waals surface area contributed by atoms with Crippen LogP contribution in [0.1, 0.15) is 15.2 Å². The van der Waals surface area contributed by atoms with Gasteiger partial charge in [0.1, 0.15) is 4.88 Å². The van der Waals surface area contributed by atoms with Crippen molar-refractivity contribution in [1.29, 1.82) is 0 Å². The van der Waals surface area contributed by atoms with Crippen molar-refractivity contribution in [3.8, 4) is 0 Å². The Bertz CT molecular complexity index is 685. The number of halogens is 1. The van der Waals surface area contributed by atoms with Crippen LogP contribution in [0, 0.1) is 0 Å². The van der Waals surface area contributed by atoms with Gasteiger partial charge >= 0.3 is 5.97 Å². The number of thiophene rings is 1. The van der Waals surface area contributed by atoms with Gasteiger partial charge in [0.15, 0.2) is 0 Å². The van der Waals surface area contributed by atoms with Crippen molar-refractivity contribution in [2.75, 3.05) is 26.0 Å². The number of nitrogens with one attached hydrogen (secondary N) is 1. The molecule has 0 aliphatic carbocycles. The molecular weight excluding hydrogens is 336 g/mol. The van der Waals surface area contributed by atoms with Gasteiger partial charge in [-0.1, -0.05) is 23.7 Å². The molecule has 0 bridgehead atoms. The van der Waals surface area contributed by atoms with Gasteiger partial charge in [-0.2, -0.15) is 0 Å². The molecule has 0 saturated heterocycles. The van der Waals surface area contributed by atoms with Gasteiger partial charge in [-0.15, -0.1) is 11.3 Å². The molecule has 2 aromatic rings. The molecule has 0 unspecified atom stereocenters. The van der Waals surface area contributed by atoms with E-state index in [9.17, 15) is 9.59 Å². The van der Waals surface area contributed by atoms with Crippen LogP contribution in [0.2, 0.25) is 5.02 Å². The summed E-state index contributed by atoms with van der Waals surface area (Å²) in [4.78, 5) is 26.0. The third-order valence-electron chi connectivity index (χ3n) is 3.09. The number of hydrogen-bond donors (Lipinski definition) is 1. The molecule has 1 amide bonds. The summed E-state index contributed by atoms with van der Waals surface area (Å²) < 4.78 is 4.69. The van der Waals surface area contributed by atoms with Crippen LogP contribution < -0.4 is 5.32 Å². The minimum absolute atomic E-state index is 0.190. The van der Waals surface area contributed by atoms with Gasteiger partial charge in [0.25, 0.3) is 0 Å². The summed E-state index contributed by atoms with van der Waals surface area (Å²) >= 11 is 7.08. The molecule has 1 N–H and O–H groups in total. The van der Waals surface area contributed by atoms with Crippen LogP contribution >= 0.6 is 22.9 Å². The summed E-state index contributed by atoms with van der Waals surface area (Å²) in [5, 5.41) is 5.16. The summed E-state index contributed by atoms with van der Waals surface area (Å²) in [5.74, 6) is -0.644. The first kappa shape index (κ1) is 17.5. The van der Waals surface area contributed by atoms with Crippen LogP contribution in [-0.4, -0.2) is 37.5 Å². The van der Waals surface area contributed by atoms with E-state index >= 15 is 0 Å². The van der Waals surface area contributed by atoms with Gasteiger partial charge in [0, 0.05) is 11.6 Å². The molecule has 0 spiro atoms. The maximum Gasteiger partial charge on any atom is 0.350 e. The zero-order valence-corrected chi connectivity index (χ0v) is 14.4. The predicted molar refractivity (Wildman–Crippen MR) is 92.1 cm³/mol. The molecule has 5 nitrogen and oxygen atoms in total. The number of rotatable bonds is 6. The maximum absolute atomic E-state index is 12.1. The number of methoxy groups -OCH3 is 1. The van der Waals surface area contributed by atoms with E-state index in [1.54, 1.807) is 11.4 Å². The fourth-order valence-electron chi connectivity index (χ4n) is 2.05. The molecule has 0 fully saturated rings. The molecule has 1 aromatic heterocycles. The smallest absolute Gasteiger partial charge is 0.350 e. The van der Waals surface area contributed by atoms with E-state index in [0.29, 0.717) is 22.1 Å². The van der Waals surface area contributed by atoms with Crippen molar-refractivity contribution in [2.45, 2.75) is 6.54 Å². The average Bonchev–Trinajstić information content (AvgIpc) is 2.96. The third-order valence-corrected chi connectivity index (χ3v) is 4.24. The van der Waals surface area contributed by atoms with Gasteiger partial charge in [-0.25, -0.2) is 4.79 Å². The summed E-state index contributed by atoms with van der Waals surface area (Å²) in [6.45, 7) is 0.831. The standard InChI is InChI=1S/C16H17ClN2O3S/c1-19(9-11-3-5-12(17)6-4-11)10-14(20)18-13-7-8-23-15(13)16(21)22-2/h3-8H,9-10H2,1-2H3,(H,18,20). The van der Waals surface area contributed by atoms with Gasteiger partial charge in [-0.3, -0.25) is 9.69 Å². The number of ether oxygens (including phenoxy) is 1.